The highest BCUT2D eigenvalue weighted by Crippen LogP contribution is 2.34. The number of ether oxygens (including phenoxy) is 1. The Morgan fingerprint density at radius 1 is 1.26 bits per heavy atom. The Labute approximate surface area is 160 Å². The van der Waals surface area contributed by atoms with Crippen LogP contribution in [-0.2, 0) is 16.4 Å². The minimum absolute atomic E-state index is 0.143. The summed E-state index contributed by atoms with van der Waals surface area (Å²) in [4.78, 5) is 12.4. The van der Waals surface area contributed by atoms with E-state index in [0.29, 0.717) is 30.8 Å². The molecule has 0 radical (unpaired) electrons. The van der Waals surface area contributed by atoms with Crippen LogP contribution in [0.25, 0.3) is 0 Å². The number of sulfonamides is 1. The second kappa shape index (κ2) is 7.60. The third kappa shape index (κ3) is 4.42. The summed E-state index contributed by atoms with van der Waals surface area (Å²) in [7, 11) is -3.33. The van der Waals surface area contributed by atoms with Crippen molar-refractivity contribution in [2.75, 3.05) is 23.7 Å². The van der Waals surface area contributed by atoms with Crippen LogP contribution in [0.2, 0.25) is 0 Å². The largest absolute Gasteiger partial charge is 0.492 e. The zero-order chi connectivity index (χ0) is 19.6. The molecule has 0 saturated heterocycles. The lowest BCUT2D eigenvalue weighted by molar-refractivity contribution is 0.0947. The number of rotatable bonds is 6. The first kappa shape index (κ1) is 19.2. The van der Waals surface area contributed by atoms with Gasteiger partial charge in [-0.25, -0.2) is 8.42 Å². The van der Waals surface area contributed by atoms with E-state index in [4.69, 9.17) is 4.74 Å². The van der Waals surface area contributed by atoms with Gasteiger partial charge in [-0.1, -0.05) is 12.1 Å². The second-order valence-electron chi connectivity index (χ2n) is 6.88. The Kier molecular flexibility index (Phi) is 5.41. The van der Waals surface area contributed by atoms with Crippen molar-refractivity contribution in [2.45, 2.75) is 26.3 Å². The van der Waals surface area contributed by atoms with E-state index in [1.54, 1.807) is 18.2 Å². The number of nitrogens with zero attached hydrogens (tertiary/aromatic N) is 1. The van der Waals surface area contributed by atoms with E-state index in [1.807, 2.05) is 38.1 Å². The van der Waals surface area contributed by atoms with Gasteiger partial charge in [0, 0.05) is 11.6 Å². The van der Waals surface area contributed by atoms with Gasteiger partial charge in [0.25, 0.3) is 5.91 Å². The first-order valence-corrected chi connectivity index (χ1v) is 10.7. The van der Waals surface area contributed by atoms with Gasteiger partial charge in [0.2, 0.25) is 10.0 Å². The van der Waals surface area contributed by atoms with Crippen LogP contribution < -0.4 is 14.4 Å². The van der Waals surface area contributed by atoms with E-state index >= 15 is 0 Å². The highest BCUT2D eigenvalue weighted by Gasteiger charge is 2.32. The standard InChI is InChI=1S/C20H24N2O4S/c1-14-5-4-6-18(11-14)26-10-9-21-20(23)16-7-8-19-17(13-16)12-15(2)22(19)27(3,24)25/h4-8,11,13,15H,9-10,12H2,1-3H3,(H,21,23)/t15-/m0/s1. The maximum atomic E-state index is 12.4. The van der Waals surface area contributed by atoms with Gasteiger partial charge in [0.1, 0.15) is 12.4 Å². The molecule has 1 atom stereocenters. The van der Waals surface area contributed by atoms with E-state index in [9.17, 15) is 13.2 Å². The van der Waals surface area contributed by atoms with Gasteiger partial charge in [-0.3, -0.25) is 9.10 Å². The summed E-state index contributed by atoms with van der Waals surface area (Å²) in [5, 5.41) is 2.83. The highest BCUT2D eigenvalue weighted by atomic mass is 32.2. The Morgan fingerprint density at radius 2 is 2.04 bits per heavy atom. The van der Waals surface area contributed by atoms with Crippen molar-refractivity contribution in [1.82, 2.24) is 5.32 Å². The van der Waals surface area contributed by atoms with Crippen molar-refractivity contribution >= 4 is 21.6 Å². The Morgan fingerprint density at radius 3 is 2.74 bits per heavy atom. The van der Waals surface area contributed by atoms with Crippen LogP contribution in [0, 0.1) is 6.92 Å². The molecule has 0 saturated carbocycles. The molecule has 2 aromatic carbocycles. The highest BCUT2D eigenvalue weighted by molar-refractivity contribution is 7.92. The van der Waals surface area contributed by atoms with Gasteiger partial charge in [-0.2, -0.15) is 0 Å². The number of carbonyl (C=O) groups is 1. The quantitative estimate of drug-likeness (QED) is 0.772. The number of hydrogen-bond acceptors (Lipinski definition) is 4. The fourth-order valence-electron chi connectivity index (χ4n) is 3.39. The molecule has 144 valence electrons. The fourth-order valence-corrected chi connectivity index (χ4v) is 4.65. The van der Waals surface area contributed by atoms with Crippen LogP contribution in [0.4, 0.5) is 5.69 Å². The van der Waals surface area contributed by atoms with Gasteiger partial charge in [-0.05, 0) is 61.7 Å². The average Bonchev–Trinajstić information content (AvgIpc) is 2.93. The van der Waals surface area contributed by atoms with Crippen LogP contribution >= 0.6 is 0 Å². The summed E-state index contributed by atoms with van der Waals surface area (Å²) >= 11 is 0. The number of aryl methyl sites for hydroxylation is 1. The lowest BCUT2D eigenvalue weighted by Crippen LogP contribution is -2.34. The monoisotopic (exact) mass is 388 g/mol. The summed E-state index contributed by atoms with van der Waals surface area (Å²) in [5.74, 6) is 0.577. The van der Waals surface area contributed by atoms with Crippen molar-refractivity contribution in [3.8, 4) is 5.75 Å². The van der Waals surface area contributed by atoms with Crippen LogP contribution in [0.5, 0.6) is 5.75 Å². The second-order valence-corrected chi connectivity index (χ2v) is 8.74. The predicted octanol–water partition coefficient (Wildman–Crippen LogP) is 2.51. The maximum absolute atomic E-state index is 12.4. The van der Waals surface area contributed by atoms with Gasteiger partial charge in [-0.15, -0.1) is 0 Å². The van der Waals surface area contributed by atoms with Crippen molar-refractivity contribution in [1.29, 1.82) is 0 Å². The fraction of sp³-hybridized carbons (Fsp3) is 0.350. The number of hydrogen-bond donors (Lipinski definition) is 1. The number of carbonyl (C=O) groups excluding carboxylic acids is 1. The van der Waals surface area contributed by atoms with E-state index < -0.39 is 10.0 Å². The van der Waals surface area contributed by atoms with Crippen LogP contribution in [0.15, 0.2) is 42.5 Å². The lowest BCUT2D eigenvalue weighted by Gasteiger charge is -2.21. The molecule has 1 amide bonds. The third-order valence-electron chi connectivity index (χ3n) is 4.50. The summed E-state index contributed by atoms with van der Waals surface area (Å²) in [5.41, 5.74) is 3.17. The van der Waals surface area contributed by atoms with E-state index in [-0.39, 0.29) is 11.9 Å². The SMILES string of the molecule is Cc1cccc(OCCNC(=O)c2ccc3c(c2)C[C@H](C)N3S(C)(=O)=O)c1. The molecule has 3 rings (SSSR count). The summed E-state index contributed by atoms with van der Waals surface area (Å²) in [6.07, 6.45) is 1.80. The third-order valence-corrected chi connectivity index (χ3v) is 5.77. The molecule has 1 heterocycles. The van der Waals surface area contributed by atoms with Crippen molar-refractivity contribution in [3.05, 3.63) is 59.2 Å². The zero-order valence-corrected chi connectivity index (χ0v) is 16.5. The van der Waals surface area contributed by atoms with E-state index in [2.05, 4.69) is 5.32 Å². The molecular weight excluding hydrogens is 364 g/mol. The normalized spacial score (nSPS) is 16.1. The molecular formula is C20H24N2O4S. The number of anilines is 1. The van der Waals surface area contributed by atoms with Crippen molar-refractivity contribution in [3.63, 3.8) is 0 Å². The number of benzene rings is 2. The maximum Gasteiger partial charge on any atom is 0.251 e. The van der Waals surface area contributed by atoms with Crippen molar-refractivity contribution < 1.29 is 17.9 Å². The smallest absolute Gasteiger partial charge is 0.251 e. The number of nitrogens with one attached hydrogen (secondary N) is 1. The Hall–Kier alpha value is -2.54. The van der Waals surface area contributed by atoms with Gasteiger partial charge < -0.3 is 10.1 Å². The molecule has 0 unspecified atom stereocenters. The molecule has 0 aromatic heterocycles. The predicted molar refractivity (Wildman–Crippen MR) is 106 cm³/mol. The summed E-state index contributed by atoms with van der Waals surface area (Å²) in [6.45, 7) is 4.62. The molecule has 27 heavy (non-hydrogen) atoms. The zero-order valence-electron chi connectivity index (χ0n) is 15.7. The van der Waals surface area contributed by atoms with Crippen LogP contribution in [-0.4, -0.2) is 39.8 Å². The molecule has 1 aliphatic rings. The minimum Gasteiger partial charge on any atom is -0.492 e. The first-order valence-electron chi connectivity index (χ1n) is 8.85. The molecule has 2 aromatic rings. The molecule has 1 N–H and O–H groups in total. The molecule has 7 heteroatoms. The van der Waals surface area contributed by atoms with E-state index in [0.717, 1.165) is 16.9 Å². The minimum atomic E-state index is -3.33. The first-order chi connectivity index (χ1) is 12.8. The average molecular weight is 388 g/mol. The summed E-state index contributed by atoms with van der Waals surface area (Å²) < 4.78 is 31.0. The summed E-state index contributed by atoms with van der Waals surface area (Å²) in [6, 6.07) is 12.7. The van der Waals surface area contributed by atoms with Gasteiger partial charge in [0.15, 0.2) is 0 Å². The van der Waals surface area contributed by atoms with Gasteiger partial charge >= 0.3 is 0 Å². The molecule has 0 fully saturated rings. The van der Waals surface area contributed by atoms with Crippen LogP contribution in [0.1, 0.15) is 28.4 Å². The van der Waals surface area contributed by atoms with Crippen LogP contribution in [0.3, 0.4) is 0 Å². The number of fused-ring (bicyclic) bond motifs is 1. The molecule has 6 nitrogen and oxygen atoms in total. The van der Waals surface area contributed by atoms with Gasteiger partial charge in [0.05, 0.1) is 18.5 Å². The Bertz CT molecular complexity index is 956. The topological polar surface area (TPSA) is 75.7 Å². The number of amides is 1. The molecule has 0 bridgehead atoms. The van der Waals surface area contributed by atoms with E-state index in [1.165, 1.54) is 10.6 Å². The molecule has 1 aliphatic heterocycles. The Balaban J connectivity index is 1.59. The van der Waals surface area contributed by atoms with Crippen molar-refractivity contribution in [2.24, 2.45) is 0 Å². The molecule has 0 aliphatic carbocycles. The lowest BCUT2D eigenvalue weighted by atomic mass is 10.1. The molecule has 0 spiro atoms.